The molecule has 0 fully saturated rings. The van der Waals surface area contributed by atoms with Crippen LogP contribution in [0.1, 0.15) is 35.4 Å². The lowest BCUT2D eigenvalue weighted by Gasteiger charge is -2.24. The maximum atomic E-state index is 12.9. The highest BCUT2D eigenvalue weighted by atomic mass is 16.4. The lowest BCUT2D eigenvalue weighted by atomic mass is 9.97. The van der Waals surface area contributed by atoms with Gasteiger partial charge in [0.1, 0.15) is 6.54 Å². The first-order chi connectivity index (χ1) is 11.8. The van der Waals surface area contributed by atoms with Gasteiger partial charge in [0.05, 0.1) is 11.6 Å². The van der Waals surface area contributed by atoms with Crippen molar-refractivity contribution in [2.45, 2.75) is 33.1 Å². The summed E-state index contributed by atoms with van der Waals surface area (Å²) in [4.78, 5) is 25.6. The number of aryl methyl sites for hydroxylation is 2. The van der Waals surface area contributed by atoms with Crippen LogP contribution in [0.4, 0.5) is 0 Å². The van der Waals surface area contributed by atoms with Gasteiger partial charge in [0.15, 0.2) is 0 Å². The lowest BCUT2D eigenvalue weighted by Crippen LogP contribution is -2.39. The third-order valence-electron chi connectivity index (χ3n) is 4.52. The van der Waals surface area contributed by atoms with E-state index in [1.165, 1.54) is 4.90 Å². The van der Waals surface area contributed by atoms with Crippen LogP contribution in [0.25, 0.3) is 0 Å². The van der Waals surface area contributed by atoms with Crippen LogP contribution >= 0.6 is 0 Å². The molecule has 2 rings (SSSR count). The molecular formula is C19H25N3O3. The molecule has 0 radical (unpaired) electrons. The fourth-order valence-electron chi connectivity index (χ4n) is 3.15. The second kappa shape index (κ2) is 7.96. The van der Waals surface area contributed by atoms with E-state index in [0.29, 0.717) is 13.0 Å². The first kappa shape index (κ1) is 18.7. The number of rotatable bonds is 7. The fourth-order valence-corrected chi connectivity index (χ4v) is 3.15. The highest BCUT2D eigenvalue weighted by Gasteiger charge is 2.27. The summed E-state index contributed by atoms with van der Waals surface area (Å²) < 4.78 is 1.75. The normalized spacial score (nSPS) is 12.0. The van der Waals surface area contributed by atoms with Crippen LogP contribution < -0.4 is 0 Å². The Bertz CT molecular complexity index is 753. The minimum Gasteiger partial charge on any atom is -0.480 e. The van der Waals surface area contributed by atoms with Crippen LogP contribution in [0.5, 0.6) is 0 Å². The van der Waals surface area contributed by atoms with Crippen LogP contribution in [-0.4, -0.2) is 44.8 Å². The van der Waals surface area contributed by atoms with Crippen molar-refractivity contribution in [1.82, 2.24) is 14.7 Å². The molecule has 1 amide bonds. The van der Waals surface area contributed by atoms with Gasteiger partial charge in [0.2, 0.25) is 5.91 Å². The van der Waals surface area contributed by atoms with Gasteiger partial charge in [-0.25, -0.2) is 0 Å². The van der Waals surface area contributed by atoms with Crippen LogP contribution in [0, 0.1) is 13.8 Å². The first-order valence-corrected chi connectivity index (χ1v) is 8.35. The molecule has 0 aliphatic rings. The predicted molar refractivity (Wildman–Crippen MR) is 95.5 cm³/mol. The molecular weight excluding hydrogens is 318 g/mol. The molecule has 0 aliphatic heterocycles. The molecule has 6 heteroatoms. The first-order valence-electron chi connectivity index (χ1n) is 8.35. The van der Waals surface area contributed by atoms with Crippen molar-refractivity contribution in [2.24, 2.45) is 7.05 Å². The molecule has 0 saturated heterocycles. The zero-order valence-electron chi connectivity index (χ0n) is 15.2. The van der Waals surface area contributed by atoms with E-state index in [1.54, 1.807) is 4.68 Å². The highest BCUT2D eigenvalue weighted by molar-refractivity contribution is 5.86. The maximum absolute atomic E-state index is 12.9. The SMILES string of the molecule is Cc1nn(C)c(C)c1C(C)C(=O)N(CCc1ccccc1)CC(=O)O. The van der Waals surface area contributed by atoms with E-state index >= 15 is 0 Å². The Morgan fingerprint density at radius 3 is 2.40 bits per heavy atom. The van der Waals surface area contributed by atoms with E-state index in [2.05, 4.69) is 5.10 Å². The molecule has 6 nitrogen and oxygen atoms in total. The fraction of sp³-hybridized carbons (Fsp3) is 0.421. The number of amides is 1. The van der Waals surface area contributed by atoms with E-state index in [4.69, 9.17) is 0 Å². The zero-order valence-corrected chi connectivity index (χ0v) is 15.2. The van der Waals surface area contributed by atoms with Crippen LogP contribution in [-0.2, 0) is 23.1 Å². The molecule has 25 heavy (non-hydrogen) atoms. The van der Waals surface area contributed by atoms with Gasteiger partial charge in [0, 0.05) is 24.8 Å². The molecule has 0 saturated carbocycles. The summed E-state index contributed by atoms with van der Waals surface area (Å²) >= 11 is 0. The van der Waals surface area contributed by atoms with Crippen molar-refractivity contribution >= 4 is 11.9 Å². The molecule has 1 unspecified atom stereocenters. The van der Waals surface area contributed by atoms with Crippen molar-refractivity contribution in [2.75, 3.05) is 13.1 Å². The number of carboxylic acid groups (broad SMARTS) is 1. The topological polar surface area (TPSA) is 75.4 Å². The number of carbonyl (C=O) groups excluding carboxylic acids is 1. The van der Waals surface area contributed by atoms with Crippen molar-refractivity contribution in [3.05, 3.63) is 52.8 Å². The molecule has 0 spiro atoms. The summed E-state index contributed by atoms with van der Waals surface area (Å²) in [5.41, 5.74) is 3.69. The Morgan fingerprint density at radius 2 is 1.88 bits per heavy atom. The van der Waals surface area contributed by atoms with Gasteiger partial charge in [0.25, 0.3) is 0 Å². The Kier molecular flexibility index (Phi) is 5.96. The number of aromatic nitrogens is 2. The minimum absolute atomic E-state index is 0.183. The van der Waals surface area contributed by atoms with Crippen LogP contribution in [0.2, 0.25) is 0 Å². The molecule has 1 atom stereocenters. The average molecular weight is 343 g/mol. The maximum Gasteiger partial charge on any atom is 0.323 e. The second-order valence-corrected chi connectivity index (χ2v) is 6.32. The number of nitrogens with zero attached hydrogens (tertiary/aromatic N) is 3. The van der Waals surface area contributed by atoms with Gasteiger partial charge in [-0.15, -0.1) is 0 Å². The molecule has 134 valence electrons. The van der Waals surface area contributed by atoms with Crippen molar-refractivity contribution in [3.8, 4) is 0 Å². The number of carboxylic acids is 1. The summed E-state index contributed by atoms with van der Waals surface area (Å²) in [7, 11) is 1.84. The number of carbonyl (C=O) groups is 2. The Labute approximate surface area is 148 Å². The summed E-state index contributed by atoms with van der Waals surface area (Å²) in [6.45, 7) is 5.69. The monoisotopic (exact) mass is 343 g/mol. The van der Waals surface area contributed by atoms with Crippen molar-refractivity contribution in [3.63, 3.8) is 0 Å². The van der Waals surface area contributed by atoms with Gasteiger partial charge < -0.3 is 10.0 Å². The largest absolute Gasteiger partial charge is 0.480 e. The molecule has 1 heterocycles. The summed E-state index contributed by atoms with van der Waals surface area (Å²) in [5, 5.41) is 13.5. The molecule has 1 aromatic carbocycles. The van der Waals surface area contributed by atoms with Gasteiger partial charge in [-0.05, 0) is 32.8 Å². The van der Waals surface area contributed by atoms with Crippen LogP contribution in [0.3, 0.4) is 0 Å². The number of aliphatic carboxylic acids is 1. The van der Waals surface area contributed by atoms with E-state index in [0.717, 1.165) is 22.5 Å². The van der Waals surface area contributed by atoms with Gasteiger partial charge in [-0.3, -0.25) is 14.3 Å². The summed E-state index contributed by atoms with van der Waals surface area (Å²) in [5.74, 6) is -1.62. The lowest BCUT2D eigenvalue weighted by molar-refractivity contribution is -0.144. The standard InChI is InChI=1S/C19H25N3O3/c1-13(18-14(2)20-21(4)15(18)3)19(25)22(12-17(23)24)11-10-16-8-6-5-7-9-16/h5-9,13H,10-12H2,1-4H3,(H,23,24). The third kappa shape index (κ3) is 4.47. The molecule has 1 aromatic heterocycles. The van der Waals surface area contributed by atoms with Gasteiger partial charge in [-0.2, -0.15) is 5.10 Å². The quantitative estimate of drug-likeness (QED) is 0.837. The Hall–Kier alpha value is -2.63. The van der Waals surface area contributed by atoms with Gasteiger partial charge >= 0.3 is 5.97 Å². The van der Waals surface area contributed by atoms with Crippen LogP contribution in [0.15, 0.2) is 30.3 Å². The highest BCUT2D eigenvalue weighted by Crippen LogP contribution is 2.24. The Morgan fingerprint density at radius 1 is 1.24 bits per heavy atom. The minimum atomic E-state index is -1.01. The number of hydrogen-bond donors (Lipinski definition) is 1. The smallest absolute Gasteiger partial charge is 0.323 e. The number of hydrogen-bond acceptors (Lipinski definition) is 3. The Balaban J connectivity index is 2.18. The van der Waals surface area contributed by atoms with Gasteiger partial charge in [-0.1, -0.05) is 30.3 Å². The summed E-state index contributed by atoms with van der Waals surface area (Å²) in [6.07, 6.45) is 0.623. The van der Waals surface area contributed by atoms with E-state index in [-0.39, 0.29) is 12.5 Å². The van der Waals surface area contributed by atoms with Crippen molar-refractivity contribution < 1.29 is 14.7 Å². The van der Waals surface area contributed by atoms with E-state index < -0.39 is 11.9 Å². The molecule has 0 aliphatic carbocycles. The van der Waals surface area contributed by atoms with E-state index in [9.17, 15) is 14.7 Å². The molecule has 0 bridgehead atoms. The predicted octanol–water partition coefficient (Wildman–Crippen LogP) is 2.30. The molecule has 1 N–H and O–H groups in total. The second-order valence-electron chi connectivity index (χ2n) is 6.32. The van der Waals surface area contributed by atoms with Crippen molar-refractivity contribution in [1.29, 1.82) is 0 Å². The number of benzene rings is 1. The third-order valence-corrected chi connectivity index (χ3v) is 4.52. The molecule has 2 aromatic rings. The average Bonchev–Trinajstić information content (AvgIpc) is 2.83. The summed E-state index contributed by atoms with van der Waals surface area (Å²) in [6, 6.07) is 9.75. The van der Waals surface area contributed by atoms with E-state index in [1.807, 2.05) is 58.2 Å². The zero-order chi connectivity index (χ0) is 18.6.